The highest BCUT2D eigenvalue weighted by Crippen LogP contribution is 2.22. The van der Waals surface area contributed by atoms with Crippen LogP contribution in [0.4, 0.5) is 10.5 Å². The molecule has 1 aliphatic heterocycles. The van der Waals surface area contributed by atoms with Crippen LogP contribution in [-0.4, -0.2) is 54.3 Å². The summed E-state index contributed by atoms with van der Waals surface area (Å²) < 4.78 is 11.2. The molecule has 1 aromatic carbocycles. The number of ether oxygens (including phenoxy) is 2. The van der Waals surface area contributed by atoms with E-state index in [4.69, 9.17) is 9.47 Å². The molecular weight excluding hydrogens is 368 g/mol. The summed E-state index contributed by atoms with van der Waals surface area (Å²) in [6.45, 7) is 10.1. The van der Waals surface area contributed by atoms with Gasteiger partial charge < -0.3 is 20.1 Å². The van der Waals surface area contributed by atoms with Gasteiger partial charge in [-0.1, -0.05) is 19.1 Å². The Morgan fingerprint density at radius 2 is 2.03 bits per heavy atom. The fraction of sp³-hybridized carbons (Fsp3) is 0.455. The summed E-state index contributed by atoms with van der Waals surface area (Å²) in [5.41, 5.74) is 1.68. The van der Waals surface area contributed by atoms with Crippen molar-refractivity contribution >= 4 is 11.7 Å². The number of hydrogen-bond donors (Lipinski definition) is 2. The minimum Gasteiger partial charge on any atom is -0.439 e. The number of hydrogen-bond acceptors (Lipinski definition) is 5. The van der Waals surface area contributed by atoms with Crippen LogP contribution < -0.4 is 15.4 Å². The Morgan fingerprint density at radius 3 is 2.72 bits per heavy atom. The Balaban J connectivity index is 1.49. The molecule has 156 valence electrons. The van der Waals surface area contributed by atoms with Crippen molar-refractivity contribution in [3.63, 3.8) is 0 Å². The van der Waals surface area contributed by atoms with E-state index in [0.717, 1.165) is 38.5 Å². The molecule has 2 aromatic rings. The summed E-state index contributed by atoms with van der Waals surface area (Å²) in [5.74, 6) is 1.23. The van der Waals surface area contributed by atoms with Gasteiger partial charge in [-0.25, -0.2) is 9.78 Å². The molecule has 0 bridgehead atoms. The first-order chi connectivity index (χ1) is 14.0. The maximum atomic E-state index is 12.3. The van der Waals surface area contributed by atoms with Gasteiger partial charge in [0.25, 0.3) is 0 Å². The number of rotatable bonds is 7. The summed E-state index contributed by atoms with van der Waals surface area (Å²) in [6.07, 6.45) is 2.54. The van der Waals surface area contributed by atoms with Gasteiger partial charge in [0, 0.05) is 31.2 Å². The zero-order valence-corrected chi connectivity index (χ0v) is 17.4. The molecule has 1 saturated heterocycles. The van der Waals surface area contributed by atoms with Crippen LogP contribution in [0.2, 0.25) is 0 Å². The van der Waals surface area contributed by atoms with E-state index >= 15 is 0 Å². The first-order valence-electron chi connectivity index (χ1n) is 10.1. The van der Waals surface area contributed by atoms with E-state index in [1.54, 1.807) is 18.3 Å². The predicted molar refractivity (Wildman–Crippen MR) is 114 cm³/mol. The number of nitrogens with one attached hydrogen (secondary N) is 2. The lowest BCUT2D eigenvalue weighted by molar-refractivity contribution is -0.00863. The van der Waals surface area contributed by atoms with E-state index in [9.17, 15) is 4.79 Å². The molecule has 1 fully saturated rings. The van der Waals surface area contributed by atoms with Gasteiger partial charge in [-0.15, -0.1) is 0 Å². The maximum Gasteiger partial charge on any atom is 0.319 e. The number of pyridine rings is 1. The third-order valence-electron chi connectivity index (χ3n) is 5.07. The molecule has 0 radical (unpaired) electrons. The fourth-order valence-corrected chi connectivity index (χ4v) is 3.22. The second kappa shape index (κ2) is 9.71. The Hall–Kier alpha value is -2.64. The number of aryl methyl sites for hydroxylation is 1. The van der Waals surface area contributed by atoms with E-state index in [2.05, 4.69) is 47.4 Å². The third-order valence-corrected chi connectivity index (χ3v) is 5.07. The number of carbonyl (C=O) groups is 1. The molecule has 0 spiro atoms. The van der Waals surface area contributed by atoms with E-state index in [1.807, 2.05) is 18.2 Å². The van der Waals surface area contributed by atoms with Gasteiger partial charge in [0.05, 0.1) is 25.1 Å². The number of carbonyl (C=O) groups excluding carboxylic acids is 1. The average Bonchev–Trinajstić information content (AvgIpc) is 2.74. The van der Waals surface area contributed by atoms with Crippen molar-refractivity contribution in [1.29, 1.82) is 0 Å². The highest BCUT2D eigenvalue weighted by Gasteiger charge is 2.28. The van der Waals surface area contributed by atoms with Gasteiger partial charge >= 0.3 is 6.03 Å². The summed E-state index contributed by atoms with van der Waals surface area (Å²) in [5, 5.41) is 5.76. The molecule has 2 N–H and O–H groups in total. The lowest BCUT2D eigenvalue weighted by Gasteiger charge is -2.40. The summed E-state index contributed by atoms with van der Waals surface area (Å²) in [7, 11) is 0. The molecular formula is C22H30N4O3. The second-order valence-electron chi connectivity index (χ2n) is 7.71. The molecule has 1 aliphatic rings. The number of benzene rings is 1. The van der Waals surface area contributed by atoms with Crippen molar-refractivity contribution in [3.05, 3.63) is 48.2 Å². The van der Waals surface area contributed by atoms with Crippen molar-refractivity contribution in [1.82, 2.24) is 15.2 Å². The molecule has 2 heterocycles. The fourth-order valence-electron chi connectivity index (χ4n) is 3.22. The van der Waals surface area contributed by atoms with Crippen LogP contribution in [0.3, 0.4) is 0 Å². The van der Waals surface area contributed by atoms with Crippen molar-refractivity contribution in [2.75, 3.05) is 38.2 Å². The Labute approximate surface area is 172 Å². The van der Waals surface area contributed by atoms with Gasteiger partial charge in [0.2, 0.25) is 5.88 Å². The number of amides is 2. The molecule has 0 atom stereocenters. The second-order valence-corrected chi connectivity index (χ2v) is 7.71. The highest BCUT2D eigenvalue weighted by atomic mass is 16.5. The molecule has 1 aromatic heterocycles. The maximum absolute atomic E-state index is 12.3. The van der Waals surface area contributed by atoms with Crippen molar-refractivity contribution in [3.8, 4) is 11.6 Å². The van der Waals surface area contributed by atoms with Crippen LogP contribution in [0.15, 0.2) is 42.6 Å². The molecule has 7 nitrogen and oxygen atoms in total. The number of urea groups is 1. The minimum atomic E-state index is -0.252. The minimum absolute atomic E-state index is 0.135. The molecule has 3 rings (SSSR count). The number of anilines is 1. The monoisotopic (exact) mass is 398 g/mol. The lowest BCUT2D eigenvalue weighted by Crippen LogP contribution is -2.55. The highest BCUT2D eigenvalue weighted by molar-refractivity contribution is 5.89. The van der Waals surface area contributed by atoms with E-state index in [-0.39, 0.29) is 11.6 Å². The first kappa shape index (κ1) is 21.1. The largest absolute Gasteiger partial charge is 0.439 e. The SMILES string of the molecule is CCc1cccc(Oc2ccc(NC(=O)NCC(C)(C)N3CCOCC3)cn2)c1. The van der Waals surface area contributed by atoms with Crippen LogP contribution >= 0.6 is 0 Å². The van der Waals surface area contributed by atoms with E-state index in [0.29, 0.717) is 18.1 Å². The normalized spacial score (nSPS) is 15.0. The van der Waals surface area contributed by atoms with Crippen molar-refractivity contribution in [2.24, 2.45) is 0 Å². The van der Waals surface area contributed by atoms with Crippen molar-refractivity contribution in [2.45, 2.75) is 32.7 Å². The van der Waals surface area contributed by atoms with Gasteiger partial charge in [-0.05, 0) is 44.0 Å². The van der Waals surface area contributed by atoms with Gasteiger partial charge in [0.15, 0.2) is 0 Å². The van der Waals surface area contributed by atoms with Gasteiger partial charge in [-0.2, -0.15) is 0 Å². The van der Waals surface area contributed by atoms with Crippen LogP contribution in [0.25, 0.3) is 0 Å². The summed E-state index contributed by atoms with van der Waals surface area (Å²) >= 11 is 0. The van der Waals surface area contributed by atoms with E-state index < -0.39 is 0 Å². The van der Waals surface area contributed by atoms with Crippen molar-refractivity contribution < 1.29 is 14.3 Å². The third kappa shape index (κ3) is 6.17. The first-order valence-corrected chi connectivity index (χ1v) is 10.1. The zero-order valence-electron chi connectivity index (χ0n) is 17.4. The molecule has 29 heavy (non-hydrogen) atoms. The number of morpholine rings is 1. The van der Waals surface area contributed by atoms with Gasteiger partial charge in [-0.3, -0.25) is 4.90 Å². The smallest absolute Gasteiger partial charge is 0.319 e. The molecule has 0 saturated carbocycles. The summed E-state index contributed by atoms with van der Waals surface area (Å²) in [4.78, 5) is 18.9. The molecule has 0 unspecified atom stereocenters. The zero-order chi connectivity index (χ0) is 20.7. The Kier molecular flexibility index (Phi) is 7.06. The average molecular weight is 399 g/mol. The Bertz CT molecular complexity index is 802. The topological polar surface area (TPSA) is 75.7 Å². The van der Waals surface area contributed by atoms with Crippen LogP contribution in [-0.2, 0) is 11.2 Å². The van der Waals surface area contributed by atoms with Crippen LogP contribution in [0.1, 0.15) is 26.3 Å². The Morgan fingerprint density at radius 1 is 1.24 bits per heavy atom. The van der Waals surface area contributed by atoms with Crippen LogP contribution in [0, 0.1) is 0 Å². The standard InChI is InChI=1S/C22H30N4O3/c1-4-17-6-5-7-19(14-17)29-20-9-8-18(15-23-20)25-21(27)24-16-22(2,3)26-10-12-28-13-11-26/h5-9,14-15H,4,10-13,16H2,1-3H3,(H2,24,25,27). The predicted octanol–water partition coefficient (Wildman–Crippen LogP) is 3.67. The molecule has 2 amide bonds. The lowest BCUT2D eigenvalue weighted by atomic mass is 10.0. The number of aromatic nitrogens is 1. The molecule has 7 heteroatoms. The quantitative estimate of drug-likeness (QED) is 0.744. The molecule has 0 aliphatic carbocycles. The van der Waals surface area contributed by atoms with E-state index in [1.165, 1.54) is 5.56 Å². The number of nitrogens with zero attached hydrogens (tertiary/aromatic N) is 2. The summed E-state index contributed by atoms with van der Waals surface area (Å²) in [6, 6.07) is 11.2. The van der Waals surface area contributed by atoms with Crippen LogP contribution in [0.5, 0.6) is 11.6 Å². The van der Waals surface area contributed by atoms with Gasteiger partial charge in [0.1, 0.15) is 5.75 Å².